The van der Waals surface area contributed by atoms with Crippen molar-refractivity contribution >= 4 is 23.0 Å². The molecule has 6 heteroatoms. The van der Waals surface area contributed by atoms with E-state index in [0.717, 1.165) is 46.3 Å². The Kier molecular flexibility index (Phi) is 4.86. The maximum atomic E-state index is 6.24. The Morgan fingerprint density at radius 1 is 1.14 bits per heavy atom. The molecule has 0 N–H and O–H groups in total. The van der Waals surface area contributed by atoms with Gasteiger partial charge in [-0.05, 0) is 59.3 Å². The summed E-state index contributed by atoms with van der Waals surface area (Å²) >= 11 is 0. The molecule has 0 bridgehead atoms. The first kappa shape index (κ1) is 19.2. The maximum absolute atomic E-state index is 6.24. The second-order valence-corrected chi connectivity index (χ2v) is 7.78. The third-order valence-electron chi connectivity index (χ3n) is 5.34. The van der Waals surface area contributed by atoms with Crippen molar-refractivity contribution in [1.82, 2.24) is 9.97 Å². The second kappa shape index (κ2) is 7.35. The van der Waals surface area contributed by atoms with Crippen LogP contribution in [0, 0.1) is 6.92 Å². The van der Waals surface area contributed by atoms with Crippen LogP contribution in [0.5, 0.6) is 5.75 Å². The average Bonchev–Trinajstić information content (AvgIpc) is 2.98. The minimum atomic E-state index is 0.0443. The number of nitrogens with zero attached hydrogens (tertiary/aromatic N) is 5. The second-order valence-electron chi connectivity index (χ2n) is 7.78. The van der Waals surface area contributed by atoms with Gasteiger partial charge in [-0.2, -0.15) is 0 Å². The summed E-state index contributed by atoms with van der Waals surface area (Å²) in [6.45, 7) is 14.6. The molecule has 0 fully saturated rings. The van der Waals surface area contributed by atoms with Gasteiger partial charge in [0.25, 0.3) is 0 Å². The lowest BCUT2D eigenvalue weighted by molar-refractivity contribution is 0.419. The highest BCUT2D eigenvalue weighted by Crippen LogP contribution is 2.48. The van der Waals surface area contributed by atoms with E-state index in [1.165, 1.54) is 0 Å². The van der Waals surface area contributed by atoms with Crippen LogP contribution in [0.15, 0.2) is 54.1 Å². The van der Waals surface area contributed by atoms with E-state index in [1.807, 2.05) is 13.0 Å². The third kappa shape index (κ3) is 3.28. The van der Waals surface area contributed by atoms with Crippen LogP contribution in [0.3, 0.4) is 0 Å². The molecule has 150 valence electrons. The predicted octanol–water partition coefficient (Wildman–Crippen LogP) is 4.92. The topological polar surface area (TPSA) is 53.9 Å². The van der Waals surface area contributed by atoms with Crippen LogP contribution in [0.25, 0.3) is 0 Å². The van der Waals surface area contributed by atoms with E-state index in [4.69, 9.17) is 4.74 Å². The molecule has 0 aliphatic carbocycles. The van der Waals surface area contributed by atoms with E-state index in [0.29, 0.717) is 5.88 Å². The van der Waals surface area contributed by atoms with E-state index in [2.05, 4.69) is 77.2 Å². The number of benzene rings is 1. The largest absolute Gasteiger partial charge is 0.437 e. The number of fused-ring (bicyclic) bond motifs is 2. The first-order valence-corrected chi connectivity index (χ1v) is 9.98. The van der Waals surface area contributed by atoms with Crippen molar-refractivity contribution in [3.8, 4) is 5.75 Å². The molecular formula is C23H27N5O. The van der Waals surface area contributed by atoms with Gasteiger partial charge in [0, 0.05) is 29.7 Å². The van der Waals surface area contributed by atoms with Crippen molar-refractivity contribution < 1.29 is 4.74 Å². The van der Waals surface area contributed by atoms with E-state index < -0.39 is 0 Å². The SMILES string of the molecule is C=C1/N=C(C)\C=C/Cc2ccc(C)c(N3c4nccnc4N(C(C)C)[C@@H]3C)c2O1. The molecule has 1 aromatic carbocycles. The number of aliphatic imine (C=N–C) groups is 1. The van der Waals surface area contributed by atoms with Gasteiger partial charge in [0.2, 0.25) is 5.88 Å². The van der Waals surface area contributed by atoms with E-state index >= 15 is 0 Å². The molecule has 0 amide bonds. The molecule has 1 aromatic heterocycles. The minimum Gasteiger partial charge on any atom is -0.437 e. The molecule has 0 radical (unpaired) electrons. The Hall–Kier alpha value is -3.15. The smallest absolute Gasteiger partial charge is 0.212 e. The highest BCUT2D eigenvalue weighted by Gasteiger charge is 2.39. The molecule has 0 saturated carbocycles. The lowest BCUT2D eigenvalue weighted by atomic mass is 10.0. The third-order valence-corrected chi connectivity index (χ3v) is 5.34. The van der Waals surface area contributed by atoms with Gasteiger partial charge in [-0.25, -0.2) is 15.0 Å². The van der Waals surface area contributed by atoms with Gasteiger partial charge in [-0.15, -0.1) is 0 Å². The van der Waals surface area contributed by atoms with Crippen LogP contribution in [-0.4, -0.2) is 27.9 Å². The Bertz CT molecular complexity index is 1020. The quantitative estimate of drug-likeness (QED) is 0.730. The molecule has 0 saturated heterocycles. The lowest BCUT2D eigenvalue weighted by Crippen LogP contribution is -2.43. The van der Waals surface area contributed by atoms with Gasteiger partial charge in [0.05, 0.1) is 5.69 Å². The van der Waals surface area contributed by atoms with Crippen LogP contribution in [0.4, 0.5) is 17.3 Å². The van der Waals surface area contributed by atoms with Crippen molar-refractivity contribution in [3.63, 3.8) is 0 Å². The number of hydrogen-bond acceptors (Lipinski definition) is 6. The zero-order valence-corrected chi connectivity index (χ0v) is 17.7. The summed E-state index contributed by atoms with van der Waals surface area (Å²) in [6.07, 6.45) is 8.40. The van der Waals surface area contributed by atoms with E-state index in [-0.39, 0.29) is 12.2 Å². The van der Waals surface area contributed by atoms with Gasteiger partial charge < -0.3 is 9.64 Å². The van der Waals surface area contributed by atoms with E-state index in [9.17, 15) is 0 Å². The fourth-order valence-corrected chi connectivity index (χ4v) is 4.14. The molecule has 0 unspecified atom stereocenters. The first-order chi connectivity index (χ1) is 13.9. The normalized spacial score (nSPS) is 21.5. The molecule has 4 rings (SSSR count). The number of aryl methyl sites for hydroxylation is 1. The van der Waals surface area contributed by atoms with Gasteiger partial charge in [-0.3, -0.25) is 4.90 Å². The van der Waals surface area contributed by atoms with Crippen molar-refractivity contribution in [2.24, 2.45) is 4.99 Å². The molecule has 1 atom stereocenters. The maximum Gasteiger partial charge on any atom is 0.212 e. The Morgan fingerprint density at radius 3 is 2.59 bits per heavy atom. The number of allylic oxidation sites excluding steroid dienone is 2. The van der Waals surface area contributed by atoms with Crippen LogP contribution in [0.2, 0.25) is 0 Å². The zero-order valence-electron chi connectivity index (χ0n) is 17.7. The lowest BCUT2D eigenvalue weighted by Gasteiger charge is -2.33. The van der Waals surface area contributed by atoms with Crippen LogP contribution >= 0.6 is 0 Å². The van der Waals surface area contributed by atoms with Crippen molar-refractivity contribution in [2.45, 2.75) is 53.2 Å². The van der Waals surface area contributed by atoms with Crippen LogP contribution in [0.1, 0.15) is 38.8 Å². The predicted molar refractivity (Wildman–Crippen MR) is 118 cm³/mol. The fourth-order valence-electron chi connectivity index (χ4n) is 4.14. The molecule has 2 aliphatic heterocycles. The zero-order chi connectivity index (χ0) is 20.7. The van der Waals surface area contributed by atoms with Gasteiger partial charge >= 0.3 is 0 Å². The number of rotatable bonds is 2. The van der Waals surface area contributed by atoms with E-state index in [1.54, 1.807) is 12.4 Å². The fraction of sp³-hybridized carbons (Fsp3) is 0.348. The number of ether oxygens (including phenoxy) is 1. The summed E-state index contributed by atoms with van der Waals surface area (Å²) in [5, 5.41) is 0. The number of hydrogen-bond donors (Lipinski definition) is 0. The van der Waals surface area contributed by atoms with Crippen LogP contribution < -0.4 is 14.5 Å². The number of anilines is 3. The summed E-state index contributed by atoms with van der Waals surface area (Å²) < 4.78 is 6.24. The summed E-state index contributed by atoms with van der Waals surface area (Å²) in [6, 6.07) is 4.54. The number of aromatic nitrogens is 2. The van der Waals surface area contributed by atoms with Crippen molar-refractivity contribution in [3.05, 3.63) is 60.3 Å². The molecule has 2 aromatic rings. The average molecular weight is 390 g/mol. The highest BCUT2D eigenvalue weighted by molar-refractivity contribution is 5.93. The molecule has 3 heterocycles. The Morgan fingerprint density at radius 2 is 1.86 bits per heavy atom. The summed E-state index contributed by atoms with van der Waals surface area (Å²) in [5.74, 6) is 2.90. The standard InChI is InChI=1S/C23H27N5O/c1-14(2)27-18(6)28(23-22(27)24-12-13-25-23)20-15(3)10-11-19-9-7-8-16(4)26-17(5)29-21(19)20/h7-8,10-14,18H,5,9H2,1-4,6H3/b8-7-,26-16-/t18-/m0/s1. The molecule has 2 aliphatic rings. The molecule has 6 nitrogen and oxygen atoms in total. The molecular weight excluding hydrogens is 362 g/mol. The van der Waals surface area contributed by atoms with Crippen LogP contribution in [-0.2, 0) is 6.42 Å². The molecule has 29 heavy (non-hydrogen) atoms. The summed E-state index contributed by atoms with van der Waals surface area (Å²) in [5.41, 5.74) is 4.06. The summed E-state index contributed by atoms with van der Waals surface area (Å²) in [4.78, 5) is 18.3. The van der Waals surface area contributed by atoms with Crippen molar-refractivity contribution in [1.29, 1.82) is 0 Å². The van der Waals surface area contributed by atoms with Gasteiger partial charge in [-0.1, -0.05) is 18.2 Å². The van der Waals surface area contributed by atoms with Gasteiger partial charge in [0.15, 0.2) is 17.4 Å². The molecule has 0 spiro atoms. The van der Waals surface area contributed by atoms with Gasteiger partial charge in [0.1, 0.15) is 6.17 Å². The van der Waals surface area contributed by atoms with Crippen molar-refractivity contribution in [2.75, 3.05) is 9.80 Å². The Labute approximate surface area is 172 Å². The first-order valence-electron chi connectivity index (χ1n) is 9.98. The Balaban J connectivity index is 1.92. The summed E-state index contributed by atoms with van der Waals surface area (Å²) in [7, 11) is 0. The monoisotopic (exact) mass is 389 g/mol. The minimum absolute atomic E-state index is 0.0443. The highest BCUT2D eigenvalue weighted by atomic mass is 16.5.